The van der Waals surface area contributed by atoms with Crippen LogP contribution in [0.1, 0.15) is 43.0 Å². The molecule has 1 aromatic rings. The maximum Gasteiger partial charge on any atom is 0.311 e. The first-order valence-corrected chi connectivity index (χ1v) is 6.94. The van der Waals surface area contributed by atoms with Gasteiger partial charge in [0, 0.05) is 11.6 Å². The van der Waals surface area contributed by atoms with Crippen molar-refractivity contribution in [2.75, 3.05) is 5.73 Å². The predicted molar refractivity (Wildman–Crippen MR) is 76.3 cm³/mol. The Morgan fingerprint density at radius 1 is 1.43 bits per heavy atom. The monoisotopic (exact) mass is 294 g/mol. The van der Waals surface area contributed by atoms with Crippen molar-refractivity contribution in [1.29, 1.82) is 0 Å². The highest BCUT2D eigenvalue weighted by Crippen LogP contribution is 2.36. The van der Waals surface area contributed by atoms with Crippen LogP contribution in [-0.4, -0.2) is 23.0 Å². The van der Waals surface area contributed by atoms with Crippen LogP contribution in [0.5, 0.6) is 0 Å². The molecule has 1 saturated carbocycles. The molecule has 0 aliphatic heterocycles. The number of nitrogens with one attached hydrogen (secondary N) is 1. The summed E-state index contributed by atoms with van der Waals surface area (Å²) in [5.41, 5.74) is 4.50. The van der Waals surface area contributed by atoms with Crippen molar-refractivity contribution >= 4 is 17.6 Å². The third kappa shape index (κ3) is 2.99. The van der Waals surface area contributed by atoms with Gasteiger partial charge in [-0.25, -0.2) is 4.39 Å². The van der Waals surface area contributed by atoms with E-state index in [0.717, 1.165) is 18.9 Å². The van der Waals surface area contributed by atoms with E-state index in [9.17, 15) is 19.1 Å². The summed E-state index contributed by atoms with van der Waals surface area (Å²) in [6, 6.07) is 3.35. The van der Waals surface area contributed by atoms with Crippen LogP contribution in [0.2, 0.25) is 0 Å². The fraction of sp³-hybridized carbons (Fsp3) is 0.467. The minimum Gasteiger partial charge on any atom is -0.481 e. The molecule has 5 nitrogen and oxygen atoms in total. The number of carboxylic acids is 1. The number of carboxylic acid groups (broad SMARTS) is 1. The van der Waals surface area contributed by atoms with Gasteiger partial charge in [-0.15, -0.1) is 0 Å². The first kappa shape index (κ1) is 15.3. The van der Waals surface area contributed by atoms with Crippen molar-refractivity contribution in [1.82, 2.24) is 5.32 Å². The first-order valence-electron chi connectivity index (χ1n) is 6.94. The molecule has 4 N–H and O–H groups in total. The molecule has 2 rings (SSSR count). The van der Waals surface area contributed by atoms with E-state index in [4.69, 9.17) is 5.73 Å². The topological polar surface area (TPSA) is 92.4 Å². The quantitative estimate of drug-likeness (QED) is 0.745. The second kappa shape index (κ2) is 5.71. The molecule has 0 radical (unpaired) electrons. The van der Waals surface area contributed by atoms with Crippen molar-refractivity contribution in [3.63, 3.8) is 0 Å². The minimum absolute atomic E-state index is 0.0282. The van der Waals surface area contributed by atoms with Crippen molar-refractivity contribution in [2.45, 2.75) is 38.6 Å². The van der Waals surface area contributed by atoms with Crippen LogP contribution in [0.25, 0.3) is 0 Å². The Kier molecular flexibility index (Phi) is 4.16. The van der Waals surface area contributed by atoms with Gasteiger partial charge in [-0.3, -0.25) is 9.59 Å². The largest absolute Gasteiger partial charge is 0.481 e. The summed E-state index contributed by atoms with van der Waals surface area (Å²) in [4.78, 5) is 23.7. The molecule has 0 spiro atoms. The maximum absolute atomic E-state index is 13.4. The van der Waals surface area contributed by atoms with Gasteiger partial charge in [0.2, 0.25) is 0 Å². The summed E-state index contributed by atoms with van der Waals surface area (Å²) in [5, 5.41) is 12.1. The van der Waals surface area contributed by atoms with Gasteiger partial charge in [0.15, 0.2) is 0 Å². The zero-order valence-electron chi connectivity index (χ0n) is 11.9. The lowest BCUT2D eigenvalue weighted by atomic mass is 9.71. The summed E-state index contributed by atoms with van der Waals surface area (Å²) in [7, 11) is 0. The second-order valence-corrected chi connectivity index (χ2v) is 5.73. The van der Waals surface area contributed by atoms with Crippen molar-refractivity contribution in [3.8, 4) is 0 Å². The molecule has 0 aromatic heterocycles. The van der Waals surface area contributed by atoms with Crippen LogP contribution < -0.4 is 11.1 Å². The van der Waals surface area contributed by atoms with Crippen LogP contribution in [0.3, 0.4) is 0 Å². The predicted octanol–water partition coefficient (Wildman–Crippen LogP) is 2.17. The van der Waals surface area contributed by atoms with Gasteiger partial charge in [-0.2, -0.15) is 0 Å². The molecule has 1 aliphatic carbocycles. The number of nitrogens with two attached hydrogens (primary N) is 1. The van der Waals surface area contributed by atoms with E-state index in [1.54, 1.807) is 6.92 Å². The fourth-order valence-corrected chi connectivity index (χ4v) is 2.73. The molecule has 21 heavy (non-hydrogen) atoms. The molecule has 0 bridgehead atoms. The van der Waals surface area contributed by atoms with Crippen LogP contribution in [0.15, 0.2) is 18.2 Å². The molecule has 6 heteroatoms. The standard InChI is InChI=1S/C15H19FN2O3/c1-15(14(20)21)7-3-2-4-12(15)18-13(19)9-5-6-11(17)10(16)8-9/h5-6,8,12H,2-4,7,17H2,1H3,(H,18,19)(H,20,21). The minimum atomic E-state index is -0.986. The summed E-state index contributed by atoms with van der Waals surface area (Å²) >= 11 is 0. The summed E-state index contributed by atoms with van der Waals surface area (Å²) in [6.07, 6.45) is 2.81. The van der Waals surface area contributed by atoms with E-state index in [1.165, 1.54) is 12.1 Å². The van der Waals surface area contributed by atoms with Gasteiger partial charge in [0.1, 0.15) is 5.82 Å². The van der Waals surface area contributed by atoms with Gasteiger partial charge in [-0.05, 0) is 38.0 Å². The van der Waals surface area contributed by atoms with Gasteiger partial charge in [-0.1, -0.05) is 12.8 Å². The normalized spacial score (nSPS) is 25.3. The molecule has 2 atom stereocenters. The van der Waals surface area contributed by atoms with Crippen molar-refractivity contribution < 1.29 is 19.1 Å². The number of halogens is 1. The molecule has 2 unspecified atom stereocenters. The maximum atomic E-state index is 13.4. The number of anilines is 1. The fourth-order valence-electron chi connectivity index (χ4n) is 2.73. The lowest BCUT2D eigenvalue weighted by molar-refractivity contribution is -0.151. The molecule has 114 valence electrons. The molecular weight excluding hydrogens is 275 g/mol. The lowest BCUT2D eigenvalue weighted by Crippen LogP contribution is -2.52. The molecule has 1 amide bonds. The average molecular weight is 294 g/mol. The Morgan fingerprint density at radius 2 is 2.14 bits per heavy atom. The van der Waals surface area contributed by atoms with E-state index in [-0.39, 0.29) is 11.3 Å². The third-order valence-electron chi connectivity index (χ3n) is 4.26. The third-order valence-corrected chi connectivity index (χ3v) is 4.26. The number of carbonyl (C=O) groups excluding carboxylic acids is 1. The highest BCUT2D eigenvalue weighted by atomic mass is 19.1. The number of rotatable bonds is 3. The highest BCUT2D eigenvalue weighted by molar-refractivity contribution is 5.95. The number of amides is 1. The molecule has 0 saturated heterocycles. The zero-order chi connectivity index (χ0) is 15.6. The molecule has 1 aromatic carbocycles. The van der Waals surface area contributed by atoms with E-state index in [2.05, 4.69) is 5.32 Å². The highest BCUT2D eigenvalue weighted by Gasteiger charge is 2.43. The van der Waals surface area contributed by atoms with Crippen molar-refractivity contribution in [2.24, 2.45) is 5.41 Å². The number of carbonyl (C=O) groups is 2. The number of aliphatic carboxylic acids is 1. The van der Waals surface area contributed by atoms with Crippen LogP contribution in [0, 0.1) is 11.2 Å². The van der Waals surface area contributed by atoms with E-state index in [1.807, 2.05) is 0 Å². The second-order valence-electron chi connectivity index (χ2n) is 5.73. The smallest absolute Gasteiger partial charge is 0.311 e. The zero-order valence-corrected chi connectivity index (χ0v) is 11.9. The molecule has 1 aliphatic rings. The Labute approximate surface area is 122 Å². The van der Waals surface area contributed by atoms with E-state index >= 15 is 0 Å². The Balaban J connectivity index is 2.17. The number of benzene rings is 1. The van der Waals surface area contributed by atoms with Crippen LogP contribution >= 0.6 is 0 Å². The summed E-state index contributed by atoms with van der Waals surface area (Å²) in [5.74, 6) is -2.06. The van der Waals surface area contributed by atoms with Gasteiger partial charge >= 0.3 is 5.97 Å². The molecular formula is C15H19FN2O3. The lowest BCUT2D eigenvalue weighted by Gasteiger charge is -2.38. The summed E-state index contributed by atoms with van der Waals surface area (Å²) < 4.78 is 13.4. The number of hydrogen-bond acceptors (Lipinski definition) is 3. The number of hydrogen-bond donors (Lipinski definition) is 3. The molecule has 0 heterocycles. The van der Waals surface area contributed by atoms with Crippen molar-refractivity contribution in [3.05, 3.63) is 29.6 Å². The van der Waals surface area contributed by atoms with E-state index < -0.39 is 29.2 Å². The van der Waals surface area contributed by atoms with Gasteiger partial charge in [0.25, 0.3) is 5.91 Å². The Morgan fingerprint density at radius 3 is 2.76 bits per heavy atom. The van der Waals surface area contributed by atoms with Gasteiger partial charge < -0.3 is 16.2 Å². The van der Waals surface area contributed by atoms with Crippen LogP contribution in [0.4, 0.5) is 10.1 Å². The van der Waals surface area contributed by atoms with Gasteiger partial charge in [0.05, 0.1) is 11.1 Å². The number of nitrogen functional groups attached to an aromatic ring is 1. The Hall–Kier alpha value is -2.11. The first-order chi connectivity index (χ1) is 9.84. The summed E-state index contributed by atoms with van der Waals surface area (Å²) in [6.45, 7) is 1.64. The Bertz CT molecular complexity index is 576. The molecule has 1 fully saturated rings. The van der Waals surface area contributed by atoms with Crippen LogP contribution in [-0.2, 0) is 4.79 Å². The van der Waals surface area contributed by atoms with E-state index in [0.29, 0.717) is 12.8 Å². The SMILES string of the molecule is CC1(C(=O)O)CCCCC1NC(=O)c1ccc(N)c(F)c1. The average Bonchev–Trinajstić information content (AvgIpc) is 2.44.